The summed E-state index contributed by atoms with van der Waals surface area (Å²) < 4.78 is 10.7. The van der Waals surface area contributed by atoms with E-state index in [1.165, 1.54) is 0 Å². The summed E-state index contributed by atoms with van der Waals surface area (Å²) in [7, 11) is 0. The highest BCUT2D eigenvalue weighted by atomic mass is 16.6. The zero-order chi connectivity index (χ0) is 6.97. The molecule has 2 aliphatic heterocycles. The van der Waals surface area contributed by atoms with Gasteiger partial charge in [-0.3, -0.25) is 0 Å². The van der Waals surface area contributed by atoms with Crippen molar-refractivity contribution < 1.29 is 14.6 Å². The fourth-order valence-electron chi connectivity index (χ4n) is 1.63. The first-order valence-corrected chi connectivity index (χ1v) is 3.79. The molecule has 0 aromatic rings. The van der Waals surface area contributed by atoms with Crippen LogP contribution in [0.2, 0.25) is 0 Å². The molecule has 3 nitrogen and oxygen atoms in total. The topological polar surface area (TPSA) is 38.7 Å². The molecule has 0 bridgehead atoms. The highest BCUT2D eigenvalue weighted by Crippen LogP contribution is 2.25. The number of hydrogen-bond acceptors (Lipinski definition) is 3. The summed E-state index contributed by atoms with van der Waals surface area (Å²) in [6, 6.07) is 0. The minimum absolute atomic E-state index is 0.0336. The maximum absolute atomic E-state index is 9.37. The van der Waals surface area contributed by atoms with Crippen LogP contribution in [0.1, 0.15) is 12.8 Å². The molecule has 0 aliphatic carbocycles. The van der Waals surface area contributed by atoms with Crippen LogP contribution in [0.5, 0.6) is 0 Å². The highest BCUT2D eigenvalue weighted by Gasteiger charge is 2.37. The van der Waals surface area contributed by atoms with Crippen LogP contribution >= 0.6 is 0 Å². The van der Waals surface area contributed by atoms with E-state index >= 15 is 0 Å². The van der Waals surface area contributed by atoms with E-state index in [2.05, 4.69) is 0 Å². The average molecular weight is 144 g/mol. The van der Waals surface area contributed by atoms with E-state index in [1.54, 1.807) is 0 Å². The van der Waals surface area contributed by atoms with Crippen LogP contribution in [0.4, 0.5) is 0 Å². The van der Waals surface area contributed by atoms with Gasteiger partial charge in [-0.25, -0.2) is 0 Å². The lowest BCUT2D eigenvalue weighted by Crippen LogP contribution is -2.41. The number of fused-ring (bicyclic) bond motifs is 1. The molecule has 3 unspecified atom stereocenters. The number of ether oxygens (including phenoxy) is 2. The number of hydrogen-bond donors (Lipinski definition) is 1. The molecular weight excluding hydrogens is 132 g/mol. The van der Waals surface area contributed by atoms with Gasteiger partial charge in [0.25, 0.3) is 0 Å². The predicted octanol–water partition coefficient (Wildman–Crippen LogP) is -0.0749. The molecule has 2 rings (SSSR count). The maximum atomic E-state index is 9.37. The van der Waals surface area contributed by atoms with E-state index in [4.69, 9.17) is 9.47 Å². The van der Waals surface area contributed by atoms with Crippen LogP contribution in [0.3, 0.4) is 0 Å². The molecule has 58 valence electrons. The van der Waals surface area contributed by atoms with E-state index in [0.29, 0.717) is 6.61 Å². The van der Waals surface area contributed by atoms with Crippen LogP contribution in [-0.2, 0) is 9.47 Å². The van der Waals surface area contributed by atoms with Gasteiger partial charge in [0.15, 0.2) is 0 Å². The lowest BCUT2D eigenvalue weighted by Gasteiger charge is -2.28. The van der Waals surface area contributed by atoms with Crippen molar-refractivity contribution in [3.05, 3.63) is 0 Å². The molecule has 0 aromatic carbocycles. The summed E-state index contributed by atoms with van der Waals surface area (Å²) in [6.07, 6.45) is 1.52. The third-order valence-corrected chi connectivity index (χ3v) is 2.20. The van der Waals surface area contributed by atoms with E-state index in [0.717, 1.165) is 19.4 Å². The van der Waals surface area contributed by atoms with Crippen molar-refractivity contribution in [1.29, 1.82) is 0 Å². The zero-order valence-electron chi connectivity index (χ0n) is 5.82. The number of aliphatic hydroxyl groups is 1. The van der Waals surface area contributed by atoms with Gasteiger partial charge >= 0.3 is 0 Å². The Labute approximate surface area is 59.9 Å². The molecule has 2 heterocycles. The Morgan fingerprint density at radius 3 is 2.70 bits per heavy atom. The van der Waals surface area contributed by atoms with Crippen molar-refractivity contribution in [3.8, 4) is 0 Å². The third-order valence-electron chi connectivity index (χ3n) is 2.20. The average Bonchev–Trinajstić information content (AvgIpc) is 2.36. The molecule has 2 saturated heterocycles. The van der Waals surface area contributed by atoms with Crippen molar-refractivity contribution in [2.45, 2.75) is 31.2 Å². The van der Waals surface area contributed by atoms with Crippen LogP contribution in [0.15, 0.2) is 0 Å². The first-order chi connectivity index (χ1) is 4.88. The van der Waals surface area contributed by atoms with Crippen molar-refractivity contribution >= 4 is 0 Å². The van der Waals surface area contributed by atoms with E-state index < -0.39 is 0 Å². The molecule has 0 aromatic heterocycles. The molecular formula is C7H12O3. The molecule has 0 amide bonds. The summed E-state index contributed by atoms with van der Waals surface area (Å²) in [5.74, 6) is 0. The lowest BCUT2D eigenvalue weighted by atomic mass is 10.0. The maximum Gasteiger partial charge on any atom is 0.110 e. The Bertz CT molecular complexity index is 126. The van der Waals surface area contributed by atoms with Gasteiger partial charge in [-0.05, 0) is 12.8 Å². The van der Waals surface area contributed by atoms with Crippen LogP contribution < -0.4 is 0 Å². The molecule has 0 saturated carbocycles. The van der Waals surface area contributed by atoms with Gasteiger partial charge in [-0.1, -0.05) is 0 Å². The Kier molecular flexibility index (Phi) is 1.64. The Hall–Kier alpha value is -0.120. The highest BCUT2D eigenvalue weighted by molar-refractivity contribution is 4.86. The van der Waals surface area contributed by atoms with Crippen molar-refractivity contribution in [2.75, 3.05) is 13.2 Å². The van der Waals surface area contributed by atoms with Crippen LogP contribution in [0.25, 0.3) is 0 Å². The number of aliphatic hydroxyl groups excluding tert-OH is 1. The third kappa shape index (κ3) is 0.944. The first-order valence-electron chi connectivity index (χ1n) is 3.79. The molecule has 1 N–H and O–H groups in total. The Balaban J connectivity index is 2.03. The van der Waals surface area contributed by atoms with Crippen molar-refractivity contribution in [1.82, 2.24) is 0 Å². The van der Waals surface area contributed by atoms with Gasteiger partial charge in [0.2, 0.25) is 0 Å². The molecule has 2 aliphatic rings. The monoisotopic (exact) mass is 144 g/mol. The van der Waals surface area contributed by atoms with Crippen LogP contribution in [0, 0.1) is 0 Å². The van der Waals surface area contributed by atoms with Gasteiger partial charge < -0.3 is 14.6 Å². The lowest BCUT2D eigenvalue weighted by molar-refractivity contribution is -0.114. The molecule has 3 heteroatoms. The smallest absolute Gasteiger partial charge is 0.110 e. The molecule has 0 radical (unpaired) electrons. The first kappa shape index (κ1) is 6.58. The van der Waals surface area contributed by atoms with Gasteiger partial charge in [0.1, 0.15) is 6.10 Å². The summed E-state index contributed by atoms with van der Waals surface area (Å²) in [5, 5.41) is 9.37. The predicted molar refractivity (Wildman–Crippen MR) is 34.7 cm³/mol. The second-order valence-corrected chi connectivity index (χ2v) is 2.89. The Morgan fingerprint density at radius 2 is 1.90 bits per heavy atom. The zero-order valence-corrected chi connectivity index (χ0v) is 5.82. The van der Waals surface area contributed by atoms with Gasteiger partial charge in [0.05, 0.1) is 12.2 Å². The van der Waals surface area contributed by atoms with Crippen molar-refractivity contribution in [2.24, 2.45) is 0 Å². The fraction of sp³-hybridized carbons (Fsp3) is 1.00. The quantitative estimate of drug-likeness (QED) is 0.517. The van der Waals surface area contributed by atoms with E-state index in [9.17, 15) is 5.11 Å². The largest absolute Gasteiger partial charge is 0.390 e. The minimum Gasteiger partial charge on any atom is -0.390 e. The summed E-state index contributed by atoms with van der Waals surface area (Å²) in [6.45, 7) is 1.43. The summed E-state index contributed by atoms with van der Waals surface area (Å²) >= 11 is 0. The van der Waals surface area contributed by atoms with Gasteiger partial charge in [-0.15, -0.1) is 0 Å². The van der Waals surface area contributed by atoms with Crippen molar-refractivity contribution in [3.63, 3.8) is 0 Å². The SMILES string of the molecule is OC1CCOC2CCOC12. The standard InChI is InChI=1S/C7H12O3/c8-5-1-3-9-6-2-4-10-7(5)6/h5-8H,1-4H2. The normalized spacial score (nSPS) is 47.1. The molecule has 10 heavy (non-hydrogen) atoms. The van der Waals surface area contributed by atoms with E-state index in [-0.39, 0.29) is 18.3 Å². The second kappa shape index (κ2) is 2.49. The molecule has 3 atom stereocenters. The van der Waals surface area contributed by atoms with E-state index in [1.807, 2.05) is 0 Å². The minimum atomic E-state index is -0.291. The van der Waals surface area contributed by atoms with Gasteiger partial charge in [-0.2, -0.15) is 0 Å². The Morgan fingerprint density at radius 1 is 1.10 bits per heavy atom. The van der Waals surface area contributed by atoms with Crippen LogP contribution in [-0.4, -0.2) is 36.6 Å². The number of rotatable bonds is 0. The summed E-state index contributed by atoms with van der Waals surface area (Å²) in [4.78, 5) is 0. The summed E-state index contributed by atoms with van der Waals surface area (Å²) in [5.41, 5.74) is 0. The molecule has 0 spiro atoms. The van der Waals surface area contributed by atoms with Gasteiger partial charge in [0, 0.05) is 13.2 Å². The second-order valence-electron chi connectivity index (χ2n) is 2.89. The molecule has 2 fully saturated rings. The fourth-order valence-corrected chi connectivity index (χ4v) is 1.63.